The topological polar surface area (TPSA) is 78.4 Å². The average Bonchev–Trinajstić information content (AvgIpc) is 2.18. The van der Waals surface area contributed by atoms with E-state index in [0.29, 0.717) is 16.9 Å². The third-order valence-corrected chi connectivity index (χ3v) is 2.52. The van der Waals surface area contributed by atoms with E-state index in [-0.39, 0.29) is 5.88 Å². The van der Waals surface area contributed by atoms with Crippen molar-refractivity contribution in [2.45, 2.75) is 0 Å². The second-order valence-electron chi connectivity index (χ2n) is 3.16. The lowest BCUT2D eigenvalue weighted by Gasteiger charge is -2.16. The van der Waals surface area contributed by atoms with Crippen molar-refractivity contribution >= 4 is 21.5 Å². The summed E-state index contributed by atoms with van der Waals surface area (Å²) in [5.74, 6) is 0.652. The molecule has 1 aliphatic heterocycles. The summed E-state index contributed by atoms with van der Waals surface area (Å²) < 4.78 is 6.07. The number of nitrogens with zero attached hydrogens (tertiary/aromatic N) is 1. The Bertz CT molecular complexity index is 523. The third kappa shape index (κ3) is 2.06. The smallest absolute Gasteiger partial charge is 0.242 e. The molecule has 0 spiro atoms. The first kappa shape index (κ1) is 10.7. The fraction of sp³-hybridized carbons (Fsp3) is 0. The van der Waals surface area contributed by atoms with Gasteiger partial charge in [-0.05, 0) is 18.2 Å². The molecule has 5 nitrogen and oxygen atoms in total. The summed E-state index contributed by atoms with van der Waals surface area (Å²) in [6.07, 6.45) is 2.33. The van der Waals surface area contributed by atoms with Crippen LogP contribution in [0, 0.1) is 10.1 Å². The molecule has 0 atom stereocenters. The van der Waals surface area contributed by atoms with Gasteiger partial charge in [0.2, 0.25) is 6.20 Å². The fourth-order valence-corrected chi connectivity index (χ4v) is 1.79. The molecule has 16 heavy (non-hydrogen) atoms. The summed E-state index contributed by atoms with van der Waals surface area (Å²) in [6, 6.07) is 5.22. The predicted molar refractivity (Wildman–Crippen MR) is 62.0 cm³/mol. The lowest BCUT2D eigenvalue weighted by molar-refractivity contribution is -0.401. The van der Waals surface area contributed by atoms with Crippen LogP contribution < -0.4 is 10.5 Å². The number of hydrogen-bond donors (Lipinski definition) is 1. The van der Waals surface area contributed by atoms with Crippen LogP contribution in [0.25, 0.3) is 5.57 Å². The number of rotatable bonds is 1. The van der Waals surface area contributed by atoms with Crippen molar-refractivity contribution in [2.24, 2.45) is 5.73 Å². The Balaban J connectivity index is 2.58. The number of ether oxygens (including phenoxy) is 1. The molecule has 0 saturated heterocycles. The van der Waals surface area contributed by atoms with Crippen molar-refractivity contribution in [3.8, 4) is 5.75 Å². The Morgan fingerprint density at radius 2 is 2.25 bits per heavy atom. The van der Waals surface area contributed by atoms with Gasteiger partial charge in [0.05, 0.1) is 10.5 Å². The highest BCUT2D eigenvalue weighted by Gasteiger charge is 2.17. The maximum atomic E-state index is 10.5. The number of nitro groups is 1. The fourth-order valence-electron chi connectivity index (χ4n) is 1.42. The number of halogens is 1. The van der Waals surface area contributed by atoms with E-state index in [4.69, 9.17) is 10.5 Å². The van der Waals surface area contributed by atoms with E-state index in [9.17, 15) is 10.1 Å². The monoisotopic (exact) mass is 282 g/mol. The Labute approximate surface area is 99.5 Å². The van der Waals surface area contributed by atoms with E-state index >= 15 is 0 Å². The lowest BCUT2D eigenvalue weighted by Crippen LogP contribution is -2.11. The van der Waals surface area contributed by atoms with E-state index in [2.05, 4.69) is 15.9 Å². The van der Waals surface area contributed by atoms with Gasteiger partial charge in [-0.1, -0.05) is 15.9 Å². The van der Waals surface area contributed by atoms with Crippen LogP contribution in [-0.4, -0.2) is 4.92 Å². The van der Waals surface area contributed by atoms with Gasteiger partial charge in [-0.2, -0.15) is 0 Å². The molecule has 2 N–H and O–H groups in total. The van der Waals surface area contributed by atoms with Crippen molar-refractivity contribution < 1.29 is 9.66 Å². The largest absolute Gasteiger partial charge is 0.441 e. The van der Waals surface area contributed by atoms with Gasteiger partial charge in [0, 0.05) is 16.1 Å². The Kier molecular flexibility index (Phi) is 2.66. The van der Waals surface area contributed by atoms with Gasteiger partial charge in [-0.15, -0.1) is 0 Å². The van der Waals surface area contributed by atoms with Gasteiger partial charge >= 0.3 is 0 Å². The standard InChI is InChI=1S/C10H7BrN2O3/c11-7-1-2-9-8(4-7)6(5-13(14)15)3-10(12)16-9/h1-5H,12H2/b6-5+. The molecule has 0 radical (unpaired) electrons. The van der Waals surface area contributed by atoms with Crippen molar-refractivity contribution in [2.75, 3.05) is 0 Å². The first-order valence-electron chi connectivity index (χ1n) is 4.36. The maximum Gasteiger partial charge on any atom is 0.242 e. The number of fused-ring (bicyclic) bond motifs is 1. The van der Waals surface area contributed by atoms with Crippen LogP contribution in [0.2, 0.25) is 0 Å². The molecule has 6 heteroatoms. The number of allylic oxidation sites excluding steroid dienone is 2. The summed E-state index contributed by atoms with van der Waals surface area (Å²) in [5.41, 5.74) is 6.58. The summed E-state index contributed by atoms with van der Waals surface area (Å²) in [4.78, 5) is 9.96. The molecule has 0 amide bonds. The van der Waals surface area contributed by atoms with Crippen molar-refractivity contribution in [3.05, 3.63) is 56.5 Å². The third-order valence-electron chi connectivity index (χ3n) is 2.02. The molecule has 1 aliphatic rings. The lowest BCUT2D eigenvalue weighted by atomic mass is 10.0. The van der Waals surface area contributed by atoms with Gasteiger partial charge < -0.3 is 10.5 Å². The first-order chi connectivity index (χ1) is 7.56. The van der Waals surface area contributed by atoms with Crippen LogP contribution >= 0.6 is 15.9 Å². The van der Waals surface area contributed by atoms with E-state index in [0.717, 1.165) is 10.7 Å². The highest BCUT2D eigenvalue weighted by atomic mass is 79.9. The SMILES string of the molecule is NC1=C/C(=C\[N+](=O)[O-])c2cc(Br)ccc2O1. The zero-order valence-electron chi connectivity index (χ0n) is 8.01. The minimum atomic E-state index is -0.519. The van der Waals surface area contributed by atoms with Gasteiger partial charge in [0.1, 0.15) is 5.75 Å². The summed E-state index contributed by atoms with van der Waals surface area (Å²) in [6.45, 7) is 0. The number of benzene rings is 1. The van der Waals surface area contributed by atoms with Crippen LogP contribution in [0.3, 0.4) is 0 Å². The van der Waals surface area contributed by atoms with Crippen LogP contribution in [0.15, 0.2) is 40.8 Å². The van der Waals surface area contributed by atoms with Crippen molar-refractivity contribution in [1.29, 1.82) is 0 Å². The molecule has 1 aromatic carbocycles. The van der Waals surface area contributed by atoms with Crippen LogP contribution in [0.4, 0.5) is 0 Å². The van der Waals surface area contributed by atoms with Crippen LogP contribution in [0.5, 0.6) is 5.75 Å². The minimum Gasteiger partial charge on any atom is -0.441 e. The molecule has 0 bridgehead atoms. The van der Waals surface area contributed by atoms with E-state index in [1.165, 1.54) is 6.08 Å². The van der Waals surface area contributed by atoms with Gasteiger partial charge in [-0.3, -0.25) is 10.1 Å². The quantitative estimate of drug-likeness (QED) is 0.633. The highest BCUT2D eigenvalue weighted by molar-refractivity contribution is 9.10. The zero-order valence-corrected chi connectivity index (χ0v) is 9.60. The zero-order chi connectivity index (χ0) is 11.7. The van der Waals surface area contributed by atoms with Gasteiger partial charge in [-0.25, -0.2) is 0 Å². The maximum absolute atomic E-state index is 10.5. The Morgan fingerprint density at radius 3 is 2.94 bits per heavy atom. The molecular formula is C10H7BrN2O3. The Hall–Kier alpha value is -1.82. The molecule has 0 aromatic heterocycles. The summed E-state index contributed by atoms with van der Waals surface area (Å²) in [7, 11) is 0. The molecular weight excluding hydrogens is 276 g/mol. The molecule has 0 aliphatic carbocycles. The molecule has 1 aromatic rings. The second-order valence-corrected chi connectivity index (χ2v) is 4.07. The number of hydrogen-bond acceptors (Lipinski definition) is 4. The van der Waals surface area contributed by atoms with Crippen molar-refractivity contribution in [3.63, 3.8) is 0 Å². The van der Waals surface area contributed by atoms with Crippen molar-refractivity contribution in [1.82, 2.24) is 0 Å². The average molecular weight is 283 g/mol. The number of nitrogens with two attached hydrogens (primary N) is 1. The van der Waals surface area contributed by atoms with E-state index < -0.39 is 4.92 Å². The van der Waals surface area contributed by atoms with Gasteiger partial charge in [0.25, 0.3) is 0 Å². The van der Waals surface area contributed by atoms with Gasteiger partial charge in [0.15, 0.2) is 5.88 Å². The molecule has 0 unspecified atom stereocenters. The molecule has 82 valence electrons. The highest BCUT2D eigenvalue weighted by Crippen LogP contribution is 2.34. The first-order valence-corrected chi connectivity index (χ1v) is 5.16. The van der Waals surface area contributed by atoms with E-state index in [1.54, 1.807) is 18.2 Å². The summed E-state index contributed by atoms with van der Waals surface area (Å²) in [5, 5.41) is 10.5. The molecule has 0 fully saturated rings. The van der Waals surface area contributed by atoms with Crippen LogP contribution in [-0.2, 0) is 0 Å². The normalized spacial score (nSPS) is 16.3. The Morgan fingerprint density at radius 1 is 1.50 bits per heavy atom. The second kappa shape index (κ2) is 3.97. The predicted octanol–water partition coefficient (Wildman–Crippen LogP) is 2.26. The van der Waals surface area contributed by atoms with Crippen LogP contribution in [0.1, 0.15) is 5.56 Å². The van der Waals surface area contributed by atoms with E-state index in [1.807, 2.05) is 0 Å². The molecule has 0 saturated carbocycles. The minimum absolute atomic E-state index is 0.142. The molecule has 1 heterocycles. The molecule has 2 rings (SSSR count). The summed E-state index contributed by atoms with van der Waals surface area (Å²) >= 11 is 3.29.